The molecule has 0 amide bonds. The van der Waals surface area contributed by atoms with Crippen molar-refractivity contribution in [3.05, 3.63) is 0 Å². The Bertz CT molecular complexity index is 130. The normalized spacial score (nSPS) is 53.4. The third-order valence-corrected chi connectivity index (χ3v) is 4.10. The molecule has 1 nitrogen and oxygen atoms in total. The van der Waals surface area contributed by atoms with Crippen LogP contribution in [0.2, 0.25) is 0 Å². The molecule has 1 unspecified atom stereocenters. The number of fused-ring (bicyclic) bond motifs is 2. The summed E-state index contributed by atoms with van der Waals surface area (Å²) < 4.78 is 0. The average Bonchev–Trinajstić information content (AvgIpc) is 2.08. The maximum Gasteiger partial charge on any atom is 0.0640 e. The van der Waals surface area contributed by atoms with Crippen LogP contribution in [0.3, 0.4) is 0 Å². The lowest BCUT2D eigenvalue weighted by Gasteiger charge is -2.32. The van der Waals surface area contributed by atoms with Gasteiger partial charge in [0.1, 0.15) is 0 Å². The summed E-state index contributed by atoms with van der Waals surface area (Å²) in [4.78, 5) is 0. The van der Waals surface area contributed by atoms with Gasteiger partial charge in [0.2, 0.25) is 0 Å². The summed E-state index contributed by atoms with van der Waals surface area (Å²) in [6.07, 6.45) is 4.72. The summed E-state index contributed by atoms with van der Waals surface area (Å²) in [5.41, 5.74) is -0.336. The van der Waals surface area contributed by atoms with E-state index in [0.717, 1.165) is 23.3 Å². The number of aliphatic hydroxyl groups is 1. The van der Waals surface area contributed by atoms with Crippen LogP contribution >= 0.6 is 11.8 Å². The third kappa shape index (κ3) is 1.19. The zero-order chi connectivity index (χ0) is 7.19. The van der Waals surface area contributed by atoms with Gasteiger partial charge in [-0.15, -0.1) is 0 Å². The minimum absolute atomic E-state index is 0.336. The largest absolute Gasteiger partial charge is 0.390 e. The van der Waals surface area contributed by atoms with Crippen LogP contribution in [0.4, 0.5) is 0 Å². The molecule has 2 heterocycles. The fourth-order valence-corrected chi connectivity index (χ4v) is 4.14. The van der Waals surface area contributed by atoms with E-state index in [1.807, 2.05) is 6.92 Å². The average molecular weight is 158 g/mol. The summed E-state index contributed by atoms with van der Waals surface area (Å²) in [5, 5.41) is 11.3. The first-order valence-corrected chi connectivity index (χ1v) is 4.98. The number of hydrogen-bond acceptors (Lipinski definition) is 2. The van der Waals surface area contributed by atoms with Gasteiger partial charge in [0.25, 0.3) is 0 Å². The minimum Gasteiger partial charge on any atom is -0.390 e. The van der Waals surface area contributed by atoms with Gasteiger partial charge < -0.3 is 5.11 Å². The Balaban J connectivity index is 2.09. The van der Waals surface area contributed by atoms with Crippen molar-refractivity contribution in [3.63, 3.8) is 0 Å². The Kier molecular flexibility index (Phi) is 1.50. The van der Waals surface area contributed by atoms with E-state index in [-0.39, 0.29) is 5.60 Å². The second-order valence-corrected chi connectivity index (χ2v) is 5.47. The molecule has 0 aromatic carbocycles. The number of rotatable bonds is 0. The van der Waals surface area contributed by atoms with Crippen molar-refractivity contribution < 1.29 is 5.11 Å². The molecule has 0 aliphatic carbocycles. The molecule has 2 bridgehead atoms. The molecule has 2 rings (SSSR count). The van der Waals surface area contributed by atoms with E-state index in [1.54, 1.807) is 0 Å². The molecule has 10 heavy (non-hydrogen) atoms. The van der Waals surface area contributed by atoms with Crippen molar-refractivity contribution >= 4 is 11.8 Å². The van der Waals surface area contributed by atoms with Crippen LogP contribution in [-0.4, -0.2) is 21.2 Å². The topological polar surface area (TPSA) is 20.2 Å². The van der Waals surface area contributed by atoms with Crippen molar-refractivity contribution in [3.8, 4) is 0 Å². The Labute approximate surface area is 66.2 Å². The Morgan fingerprint density at radius 1 is 1.30 bits per heavy atom. The molecule has 3 atom stereocenters. The highest BCUT2D eigenvalue weighted by Gasteiger charge is 2.40. The fourth-order valence-electron chi connectivity index (χ4n) is 2.14. The maximum absolute atomic E-state index is 9.74. The predicted octanol–water partition coefficient (Wildman–Crippen LogP) is 1.80. The van der Waals surface area contributed by atoms with Crippen LogP contribution < -0.4 is 0 Å². The van der Waals surface area contributed by atoms with E-state index in [0.29, 0.717) is 0 Å². The second-order valence-electron chi connectivity index (χ2n) is 3.86. The van der Waals surface area contributed by atoms with Crippen LogP contribution in [0.25, 0.3) is 0 Å². The van der Waals surface area contributed by atoms with E-state index >= 15 is 0 Å². The standard InChI is InChI=1S/C8H14OS/c1-8(9)4-6-2-3-7(5-8)10-6/h6-7,9H,2-5H2,1H3/t6-,7?,8+/m1/s1. The number of thioether (sulfide) groups is 1. The minimum atomic E-state index is -0.336. The van der Waals surface area contributed by atoms with Crippen molar-refractivity contribution in [1.29, 1.82) is 0 Å². The smallest absolute Gasteiger partial charge is 0.0640 e. The van der Waals surface area contributed by atoms with Crippen molar-refractivity contribution in [2.24, 2.45) is 0 Å². The zero-order valence-electron chi connectivity index (χ0n) is 6.34. The second kappa shape index (κ2) is 2.15. The van der Waals surface area contributed by atoms with Gasteiger partial charge >= 0.3 is 0 Å². The van der Waals surface area contributed by atoms with Crippen LogP contribution in [0.5, 0.6) is 0 Å². The molecule has 0 radical (unpaired) electrons. The van der Waals surface area contributed by atoms with Crippen LogP contribution in [0.1, 0.15) is 32.6 Å². The van der Waals surface area contributed by atoms with E-state index < -0.39 is 0 Å². The van der Waals surface area contributed by atoms with E-state index in [9.17, 15) is 5.11 Å². The summed E-state index contributed by atoms with van der Waals surface area (Å²) in [6.45, 7) is 1.98. The lowest BCUT2D eigenvalue weighted by molar-refractivity contribution is 0.0433. The summed E-state index contributed by atoms with van der Waals surface area (Å²) in [7, 11) is 0. The molecule has 0 aromatic heterocycles. The molecule has 2 fully saturated rings. The van der Waals surface area contributed by atoms with E-state index in [2.05, 4.69) is 11.8 Å². The van der Waals surface area contributed by atoms with Crippen LogP contribution in [0, 0.1) is 0 Å². The molecule has 2 aliphatic rings. The van der Waals surface area contributed by atoms with Crippen LogP contribution in [0.15, 0.2) is 0 Å². The monoisotopic (exact) mass is 158 g/mol. The Morgan fingerprint density at radius 3 is 2.30 bits per heavy atom. The van der Waals surface area contributed by atoms with E-state index in [1.165, 1.54) is 12.8 Å². The molecule has 0 aromatic rings. The zero-order valence-corrected chi connectivity index (χ0v) is 7.16. The third-order valence-electron chi connectivity index (χ3n) is 2.53. The fraction of sp³-hybridized carbons (Fsp3) is 1.00. The molecule has 2 aliphatic heterocycles. The van der Waals surface area contributed by atoms with Crippen molar-refractivity contribution in [2.45, 2.75) is 48.7 Å². The number of hydrogen-bond donors (Lipinski definition) is 1. The van der Waals surface area contributed by atoms with Gasteiger partial charge in [0, 0.05) is 10.5 Å². The van der Waals surface area contributed by atoms with Crippen molar-refractivity contribution in [2.75, 3.05) is 0 Å². The summed E-state index contributed by atoms with van der Waals surface area (Å²) in [6, 6.07) is 0. The molecule has 2 saturated heterocycles. The predicted molar refractivity (Wildman–Crippen MR) is 44.3 cm³/mol. The van der Waals surface area contributed by atoms with Gasteiger partial charge in [-0.05, 0) is 32.6 Å². The van der Waals surface area contributed by atoms with Gasteiger partial charge in [0.15, 0.2) is 0 Å². The Morgan fingerprint density at radius 2 is 1.80 bits per heavy atom. The van der Waals surface area contributed by atoms with Gasteiger partial charge in [-0.3, -0.25) is 0 Å². The summed E-state index contributed by atoms with van der Waals surface area (Å²) in [5.74, 6) is 0. The van der Waals surface area contributed by atoms with Gasteiger partial charge in [-0.1, -0.05) is 0 Å². The van der Waals surface area contributed by atoms with Crippen molar-refractivity contribution in [1.82, 2.24) is 0 Å². The lowest BCUT2D eigenvalue weighted by atomic mass is 9.96. The van der Waals surface area contributed by atoms with Gasteiger partial charge in [-0.25, -0.2) is 0 Å². The first-order chi connectivity index (χ1) is 4.66. The molecule has 2 heteroatoms. The summed E-state index contributed by atoms with van der Waals surface area (Å²) >= 11 is 2.09. The highest BCUT2D eigenvalue weighted by molar-refractivity contribution is 8.00. The molecular weight excluding hydrogens is 144 g/mol. The molecular formula is C8H14OS. The molecule has 0 spiro atoms. The lowest BCUT2D eigenvalue weighted by Crippen LogP contribution is -2.33. The van der Waals surface area contributed by atoms with E-state index in [4.69, 9.17) is 0 Å². The Hall–Kier alpha value is 0.310. The van der Waals surface area contributed by atoms with Crippen LogP contribution in [-0.2, 0) is 0 Å². The quantitative estimate of drug-likeness (QED) is 0.580. The first-order valence-electron chi connectivity index (χ1n) is 4.04. The highest BCUT2D eigenvalue weighted by atomic mass is 32.2. The maximum atomic E-state index is 9.74. The van der Waals surface area contributed by atoms with Gasteiger partial charge in [-0.2, -0.15) is 11.8 Å². The molecule has 58 valence electrons. The van der Waals surface area contributed by atoms with Gasteiger partial charge in [0.05, 0.1) is 5.60 Å². The first kappa shape index (κ1) is 6.99. The SMILES string of the molecule is C[C@@]1(O)CC2CC[C@H](C1)S2. The molecule has 0 saturated carbocycles. The molecule has 1 N–H and O–H groups in total. The highest BCUT2D eigenvalue weighted by Crippen LogP contribution is 2.47.